The van der Waals surface area contributed by atoms with Crippen LogP contribution in [0.2, 0.25) is 0 Å². The van der Waals surface area contributed by atoms with Crippen LogP contribution in [0.15, 0.2) is 10.7 Å². The molecule has 0 radical (unpaired) electrons. The van der Waals surface area contributed by atoms with Crippen LogP contribution in [0.3, 0.4) is 0 Å². The van der Waals surface area contributed by atoms with Crippen LogP contribution in [0.4, 0.5) is 0 Å². The van der Waals surface area contributed by atoms with Crippen molar-refractivity contribution in [2.24, 2.45) is 0 Å². The maximum absolute atomic E-state index is 5.25. The number of hydrogen-bond acceptors (Lipinski definition) is 5. The van der Waals surface area contributed by atoms with E-state index >= 15 is 0 Å². The van der Waals surface area contributed by atoms with Crippen molar-refractivity contribution in [3.05, 3.63) is 40.3 Å². The Bertz CT molecular complexity index is 616. The normalized spacial score (nSPS) is 15.2. The second-order valence-electron chi connectivity index (χ2n) is 5.77. The summed E-state index contributed by atoms with van der Waals surface area (Å²) in [7, 11) is 0. The quantitative estimate of drug-likeness (QED) is 0.864. The molecule has 21 heavy (non-hydrogen) atoms. The van der Waals surface area contributed by atoms with Crippen molar-refractivity contribution in [3.8, 4) is 0 Å². The van der Waals surface area contributed by atoms with Gasteiger partial charge >= 0.3 is 0 Å². The fraction of sp³-hybridized carbons (Fsp3) is 0.562. The highest BCUT2D eigenvalue weighted by atomic mass is 16.5. The van der Waals surface area contributed by atoms with Crippen molar-refractivity contribution in [1.82, 2.24) is 20.0 Å². The lowest BCUT2D eigenvalue weighted by atomic mass is 10.1. The van der Waals surface area contributed by atoms with E-state index in [4.69, 9.17) is 9.51 Å². The zero-order valence-corrected chi connectivity index (χ0v) is 13.0. The van der Waals surface area contributed by atoms with Crippen LogP contribution >= 0.6 is 0 Å². The molecule has 5 heteroatoms. The minimum absolute atomic E-state index is 0.886. The summed E-state index contributed by atoms with van der Waals surface area (Å²) in [5.74, 6) is 1.91. The minimum atomic E-state index is 0.886. The molecule has 112 valence electrons. The van der Waals surface area contributed by atoms with Crippen LogP contribution in [0.1, 0.15) is 47.4 Å². The predicted molar refractivity (Wildman–Crippen MR) is 79.8 cm³/mol. The van der Waals surface area contributed by atoms with Gasteiger partial charge in [0.25, 0.3) is 0 Å². The molecular formula is C16H22N4O. The maximum atomic E-state index is 5.25. The fourth-order valence-corrected chi connectivity index (χ4v) is 2.85. The van der Waals surface area contributed by atoms with Gasteiger partial charge in [-0.2, -0.15) is 0 Å². The summed E-state index contributed by atoms with van der Waals surface area (Å²) >= 11 is 0. The van der Waals surface area contributed by atoms with E-state index in [0.717, 1.165) is 56.2 Å². The molecule has 3 heterocycles. The van der Waals surface area contributed by atoms with E-state index in [0.29, 0.717) is 0 Å². The molecule has 0 spiro atoms. The zero-order valence-electron chi connectivity index (χ0n) is 13.0. The third-order valence-electron chi connectivity index (χ3n) is 4.10. The van der Waals surface area contributed by atoms with Crippen molar-refractivity contribution < 1.29 is 4.52 Å². The van der Waals surface area contributed by atoms with Crippen molar-refractivity contribution in [2.45, 2.75) is 53.1 Å². The molecule has 0 aliphatic carbocycles. The Kier molecular flexibility index (Phi) is 4.01. The van der Waals surface area contributed by atoms with Crippen molar-refractivity contribution in [3.63, 3.8) is 0 Å². The molecule has 2 aromatic rings. The summed E-state index contributed by atoms with van der Waals surface area (Å²) in [6.45, 7) is 8.97. The Labute approximate surface area is 125 Å². The fourth-order valence-electron chi connectivity index (χ4n) is 2.85. The van der Waals surface area contributed by atoms with Crippen molar-refractivity contribution >= 4 is 0 Å². The van der Waals surface area contributed by atoms with Gasteiger partial charge in [-0.15, -0.1) is 0 Å². The molecule has 1 aliphatic rings. The monoisotopic (exact) mass is 286 g/mol. The third kappa shape index (κ3) is 2.97. The Morgan fingerprint density at radius 3 is 2.90 bits per heavy atom. The van der Waals surface area contributed by atoms with E-state index in [1.807, 2.05) is 20.0 Å². The molecule has 1 aliphatic heterocycles. The van der Waals surface area contributed by atoms with Gasteiger partial charge in [0.2, 0.25) is 0 Å². The molecule has 2 aromatic heterocycles. The standard InChI is InChI=1S/C16H22N4O/c1-4-5-16-17-8-13-9-20(7-6-15(13)18-16)10-14-11(2)19-21-12(14)3/h8H,4-7,9-10H2,1-3H3. The largest absolute Gasteiger partial charge is 0.361 e. The number of nitrogens with zero attached hydrogens (tertiary/aromatic N) is 4. The van der Waals surface area contributed by atoms with E-state index in [-0.39, 0.29) is 0 Å². The lowest BCUT2D eigenvalue weighted by Crippen LogP contribution is -2.31. The number of hydrogen-bond donors (Lipinski definition) is 0. The topological polar surface area (TPSA) is 55.1 Å². The molecule has 0 amide bonds. The van der Waals surface area contributed by atoms with E-state index in [1.165, 1.54) is 16.8 Å². The summed E-state index contributed by atoms with van der Waals surface area (Å²) in [5, 5.41) is 4.03. The highest BCUT2D eigenvalue weighted by molar-refractivity contribution is 5.24. The zero-order chi connectivity index (χ0) is 14.8. The summed E-state index contributed by atoms with van der Waals surface area (Å²) in [5.41, 5.74) is 4.69. The van der Waals surface area contributed by atoms with Gasteiger partial charge in [-0.3, -0.25) is 4.90 Å². The van der Waals surface area contributed by atoms with E-state index < -0.39 is 0 Å². The summed E-state index contributed by atoms with van der Waals surface area (Å²) in [6, 6.07) is 0. The van der Waals surface area contributed by atoms with Gasteiger partial charge in [-0.1, -0.05) is 12.1 Å². The van der Waals surface area contributed by atoms with Crippen molar-refractivity contribution in [1.29, 1.82) is 0 Å². The van der Waals surface area contributed by atoms with Crippen LogP contribution in [0.5, 0.6) is 0 Å². The van der Waals surface area contributed by atoms with Crippen LogP contribution in [-0.4, -0.2) is 26.6 Å². The summed E-state index contributed by atoms with van der Waals surface area (Å²) < 4.78 is 5.25. The second-order valence-corrected chi connectivity index (χ2v) is 5.77. The van der Waals surface area contributed by atoms with E-state index in [2.05, 4.69) is 22.0 Å². The molecule has 3 rings (SSSR count). The van der Waals surface area contributed by atoms with Crippen LogP contribution in [0, 0.1) is 13.8 Å². The Balaban J connectivity index is 1.73. The van der Waals surface area contributed by atoms with Crippen LogP contribution in [0.25, 0.3) is 0 Å². The van der Waals surface area contributed by atoms with Gasteiger partial charge in [-0.05, 0) is 20.3 Å². The first kappa shape index (κ1) is 14.2. The maximum Gasteiger partial charge on any atom is 0.138 e. The first-order chi connectivity index (χ1) is 10.2. The second kappa shape index (κ2) is 5.93. The highest BCUT2D eigenvalue weighted by Crippen LogP contribution is 2.21. The third-order valence-corrected chi connectivity index (χ3v) is 4.10. The average molecular weight is 286 g/mol. The van der Waals surface area contributed by atoms with Crippen LogP contribution in [-0.2, 0) is 25.9 Å². The number of aryl methyl sites for hydroxylation is 3. The number of aromatic nitrogens is 3. The molecule has 0 saturated heterocycles. The smallest absolute Gasteiger partial charge is 0.138 e. The first-order valence-corrected chi connectivity index (χ1v) is 7.65. The minimum Gasteiger partial charge on any atom is -0.361 e. The molecule has 0 atom stereocenters. The number of fused-ring (bicyclic) bond motifs is 1. The van der Waals surface area contributed by atoms with Gasteiger partial charge in [0.1, 0.15) is 11.6 Å². The predicted octanol–water partition coefficient (Wildman–Crippen LogP) is 2.59. The molecule has 0 saturated carbocycles. The molecule has 0 aromatic carbocycles. The molecule has 5 nitrogen and oxygen atoms in total. The van der Waals surface area contributed by atoms with Gasteiger partial charge in [0.15, 0.2) is 0 Å². The average Bonchev–Trinajstić information content (AvgIpc) is 2.79. The van der Waals surface area contributed by atoms with E-state index in [1.54, 1.807) is 0 Å². The van der Waals surface area contributed by atoms with Gasteiger partial charge in [0.05, 0.1) is 5.69 Å². The molecule has 0 fully saturated rings. The lowest BCUT2D eigenvalue weighted by molar-refractivity contribution is 0.240. The SMILES string of the molecule is CCCc1ncc2c(n1)CCN(Cc1c(C)noc1C)C2. The van der Waals surface area contributed by atoms with Crippen molar-refractivity contribution in [2.75, 3.05) is 6.54 Å². The molecule has 0 bridgehead atoms. The van der Waals surface area contributed by atoms with Gasteiger partial charge in [-0.25, -0.2) is 9.97 Å². The Hall–Kier alpha value is -1.75. The van der Waals surface area contributed by atoms with Gasteiger partial charge < -0.3 is 4.52 Å². The Morgan fingerprint density at radius 2 is 2.19 bits per heavy atom. The highest BCUT2D eigenvalue weighted by Gasteiger charge is 2.20. The van der Waals surface area contributed by atoms with Crippen LogP contribution < -0.4 is 0 Å². The summed E-state index contributed by atoms with van der Waals surface area (Å²) in [6.07, 6.45) is 5.07. The Morgan fingerprint density at radius 1 is 1.33 bits per heavy atom. The molecular weight excluding hydrogens is 264 g/mol. The molecule has 0 N–H and O–H groups in total. The lowest BCUT2D eigenvalue weighted by Gasteiger charge is -2.27. The number of rotatable bonds is 4. The van der Waals surface area contributed by atoms with Gasteiger partial charge in [0, 0.05) is 55.5 Å². The molecule has 0 unspecified atom stereocenters. The first-order valence-electron chi connectivity index (χ1n) is 7.65. The summed E-state index contributed by atoms with van der Waals surface area (Å²) in [4.78, 5) is 11.6. The van der Waals surface area contributed by atoms with E-state index in [9.17, 15) is 0 Å².